The SMILES string of the molecule is CCCc1ccc(COC(=O)CCCC2CNC2=O)cc1. The predicted octanol–water partition coefficient (Wildman–Crippen LogP) is 2.60. The molecule has 1 N–H and O–H groups in total. The highest BCUT2D eigenvalue weighted by Gasteiger charge is 2.26. The van der Waals surface area contributed by atoms with Crippen LogP contribution in [0.4, 0.5) is 0 Å². The van der Waals surface area contributed by atoms with Gasteiger partial charge in [0.1, 0.15) is 6.61 Å². The van der Waals surface area contributed by atoms with E-state index in [1.807, 2.05) is 12.1 Å². The summed E-state index contributed by atoms with van der Waals surface area (Å²) in [6.45, 7) is 3.23. The van der Waals surface area contributed by atoms with Gasteiger partial charge in [-0.3, -0.25) is 9.59 Å². The molecule has 1 aromatic carbocycles. The van der Waals surface area contributed by atoms with Crippen LogP contribution in [0.25, 0.3) is 0 Å². The number of carbonyl (C=O) groups excluding carboxylic acids is 2. The Bertz CT molecular complexity index is 481. The van der Waals surface area contributed by atoms with Gasteiger partial charge in [0.2, 0.25) is 5.91 Å². The quantitative estimate of drug-likeness (QED) is 0.591. The Morgan fingerprint density at radius 2 is 2.00 bits per heavy atom. The highest BCUT2D eigenvalue weighted by atomic mass is 16.5. The number of ether oxygens (including phenoxy) is 1. The molecule has 1 aliphatic heterocycles. The van der Waals surface area contributed by atoms with Crippen molar-refractivity contribution in [2.75, 3.05) is 6.54 Å². The van der Waals surface area contributed by atoms with Crippen molar-refractivity contribution in [3.63, 3.8) is 0 Å². The summed E-state index contributed by atoms with van der Waals surface area (Å²) in [4.78, 5) is 22.7. The summed E-state index contributed by atoms with van der Waals surface area (Å²) in [6, 6.07) is 8.19. The van der Waals surface area contributed by atoms with Crippen LogP contribution in [0.3, 0.4) is 0 Å². The zero-order valence-corrected chi connectivity index (χ0v) is 12.6. The molecule has 0 aromatic heterocycles. The number of hydrogen-bond acceptors (Lipinski definition) is 3. The second kappa shape index (κ2) is 7.81. The van der Waals surface area contributed by atoms with E-state index < -0.39 is 0 Å². The Labute approximate surface area is 125 Å². The van der Waals surface area contributed by atoms with E-state index in [1.165, 1.54) is 5.56 Å². The lowest BCUT2D eigenvalue weighted by Gasteiger charge is -2.25. The molecule has 0 aliphatic carbocycles. The van der Waals surface area contributed by atoms with Crippen LogP contribution in [0.5, 0.6) is 0 Å². The molecule has 1 amide bonds. The van der Waals surface area contributed by atoms with E-state index in [0.29, 0.717) is 19.4 Å². The molecule has 4 nitrogen and oxygen atoms in total. The van der Waals surface area contributed by atoms with Crippen molar-refractivity contribution in [1.29, 1.82) is 0 Å². The van der Waals surface area contributed by atoms with E-state index in [2.05, 4.69) is 24.4 Å². The Balaban J connectivity index is 1.62. The fraction of sp³-hybridized carbons (Fsp3) is 0.529. The van der Waals surface area contributed by atoms with Gasteiger partial charge in [-0.25, -0.2) is 0 Å². The van der Waals surface area contributed by atoms with Gasteiger partial charge in [0.15, 0.2) is 0 Å². The highest BCUT2D eigenvalue weighted by molar-refractivity contribution is 5.84. The van der Waals surface area contributed by atoms with Crippen molar-refractivity contribution < 1.29 is 14.3 Å². The molecule has 4 heteroatoms. The van der Waals surface area contributed by atoms with Crippen molar-refractivity contribution in [2.24, 2.45) is 5.92 Å². The first kappa shape index (κ1) is 15.5. The first-order valence-corrected chi connectivity index (χ1v) is 7.70. The minimum absolute atomic E-state index is 0.101. The summed E-state index contributed by atoms with van der Waals surface area (Å²) in [6.07, 6.45) is 4.08. The van der Waals surface area contributed by atoms with Crippen molar-refractivity contribution in [2.45, 2.75) is 45.6 Å². The molecular formula is C17H23NO3. The van der Waals surface area contributed by atoms with Crippen molar-refractivity contribution >= 4 is 11.9 Å². The van der Waals surface area contributed by atoms with Crippen LogP contribution in [-0.4, -0.2) is 18.4 Å². The molecule has 0 saturated carbocycles. The third kappa shape index (κ3) is 4.88. The molecule has 1 aromatic rings. The lowest BCUT2D eigenvalue weighted by atomic mass is 9.95. The van der Waals surface area contributed by atoms with Crippen molar-refractivity contribution in [1.82, 2.24) is 5.32 Å². The summed E-state index contributed by atoms with van der Waals surface area (Å²) in [5.74, 6) is 0.0202. The molecular weight excluding hydrogens is 266 g/mol. The van der Waals surface area contributed by atoms with Crippen LogP contribution in [0.1, 0.15) is 43.7 Å². The summed E-state index contributed by atoms with van der Waals surface area (Å²) in [7, 11) is 0. The molecule has 0 radical (unpaired) electrons. The van der Waals surface area contributed by atoms with E-state index in [0.717, 1.165) is 31.4 Å². The Morgan fingerprint density at radius 1 is 1.29 bits per heavy atom. The number of carbonyl (C=O) groups is 2. The van der Waals surface area contributed by atoms with Crippen molar-refractivity contribution in [3.8, 4) is 0 Å². The maximum atomic E-state index is 11.6. The molecule has 1 saturated heterocycles. The normalized spacial score (nSPS) is 17.0. The fourth-order valence-corrected chi connectivity index (χ4v) is 2.38. The molecule has 2 rings (SSSR count). The molecule has 0 bridgehead atoms. The second-order valence-electron chi connectivity index (χ2n) is 5.56. The van der Waals surface area contributed by atoms with Crippen molar-refractivity contribution in [3.05, 3.63) is 35.4 Å². The van der Waals surface area contributed by atoms with Crippen LogP contribution >= 0.6 is 0 Å². The van der Waals surface area contributed by atoms with Gasteiger partial charge in [0.25, 0.3) is 0 Å². The Morgan fingerprint density at radius 3 is 2.57 bits per heavy atom. The standard InChI is InChI=1S/C17H23NO3/c1-2-4-13-7-9-14(10-8-13)12-21-16(19)6-3-5-15-11-18-17(15)20/h7-10,15H,2-6,11-12H2,1H3,(H,18,20). The minimum atomic E-state index is -0.188. The van der Waals surface area contributed by atoms with E-state index in [1.54, 1.807) is 0 Å². The van der Waals surface area contributed by atoms with Gasteiger partial charge in [-0.2, -0.15) is 0 Å². The van der Waals surface area contributed by atoms with Gasteiger partial charge in [-0.1, -0.05) is 37.6 Å². The van der Waals surface area contributed by atoms with Gasteiger partial charge >= 0.3 is 5.97 Å². The van der Waals surface area contributed by atoms with Gasteiger partial charge in [-0.15, -0.1) is 0 Å². The van der Waals surface area contributed by atoms with Crippen LogP contribution in [0, 0.1) is 5.92 Å². The van der Waals surface area contributed by atoms with E-state index in [9.17, 15) is 9.59 Å². The Kier molecular flexibility index (Phi) is 5.78. The number of esters is 1. The molecule has 1 heterocycles. The number of nitrogens with one attached hydrogen (secondary N) is 1. The maximum absolute atomic E-state index is 11.6. The molecule has 1 atom stereocenters. The number of β-lactam (4-membered cyclic amide) rings is 1. The third-order valence-corrected chi connectivity index (χ3v) is 3.79. The first-order chi connectivity index (χ1) is 10.2. The summed E-state index contributed by atoms with van der Waals surface area (Å²) < 4.78 is 5.25. The zero-order chi connectivity index (χ0) is 15.1. The van der Waals surface area contributed by atoms with Gasteiger partial charge < -0.3 is 10.1 Å². The maximum Gasteiger partial charge on any atom is 0.306 e. The number of benzene rings is 1. The Hall–Kier alpha value is -1.84. The van der Waals surface area contributed by atoms with Crippen LogP contribution in [0.15, 0.2) is 24.3 Å². The third-order valence-electron chi connectivity index (χ3n) is 3.79. The summed E-state index contributed by atoms with van der Waals surface area (Å²) in [5.41, 5.74) is 2.33. The first-order valence-electron chi connectivity index (χ1n) is 7.70. The van der Waals surface area contributed by atoms with Gasteiger partial charge in [-0.05, 0) is 30.4 Å². The van der Waals surface area contributed by atoms with E-state index in [-0.39, 0.29) is 17.8 Å². The molecule has 1 aliphatic rings. The van der Waals surface area contributed by atoms with Crippen LogP contribution in [0.2, 0.25) is 0 Å². The van der Waals surface area contributed by atoms with Crippen LogP contribution in [-0.2, 0) is 27.4 Å². The molecule has 0 spiro atoms. The van der Waals surface area contributed by atoms with Crippen LogP contribution < -0.4 is 5.32 Å². The van der Waals surface area contributed by atoms with Gasteiger partial charge in [0.05, 0.1) is 5.92 Å². The monoisotopic (exact) mass is 289 g/mol. The lowest BCUT2D eigenvalue weighted by Crippen LogP contribution is -2.48. The number of rotatable bonds is 8. The number of aryl methyl sites for hydroxylation is 1. The average Bonchev–Trinajstić information content (AvgIpc) is 2.49. The smallest absolute Gasteiger partial charge is 0.306 e. The summed E-state index contributed by atoms with van der Waals surface area (Å²) >= 11 is 0. The number of amides is 1. The molecule has 1 unspecified atom stereocenters. The molecule has 21 heavy (non-hydrogen) atoms. The fourth-order valence-electron chi connectivity index (χ4n) is 2.38. The average molecular weight is 289 g/mol. The largest absolute Gasteiger partial charge is 0.461 e. The highest BCUT2D eigenvalue weighted by Crippen LogP contribution is 2.15. The molecule has 114 valence electrons. The van der Waals surface area contributed by atoms with E-state index >= 15 is 0 Å². The lowest BCUT2D eigenvalue weighted by molar-refractivity contribution is -0.145. The number of hydrogen-bond donors (Lipinski definition) is 1. The topological polar surface area (TPSA) is 55.4 Å². The zero-order valence-electron chi connectivity index (χ0n) is 12.6. The van der Waals surface area contributed by atoms with Gasteiger partial charge in [0, 0.05) is 13.0 Å². The summed E-state index contributed by atoms with van der Waals surface area (Å²) in [5, 5.41) is 2.70. The van der Waals surface area contributed by atoms with E-state index in [4.69, 9.17) is 4.74 Å². The predicted molar refractivity (Wildman–Crippen MR) is 80.6 cm³/mol. The molecule has 1 fully saturated rings. The minimum Gasteiger partial charge on any atom is -0.461 e. The second-order valence-corrected chi connectivity index (χ2v) is 5.56.